The standard InChI is InChI=1S/C17H20FN5OS/c1-12-10-15(19)21-17(20-12)25-11-16(24)23-8-6-22(7-9-23)14-4-2-13(18)3-5-14/h2-5,10H,6-9,11H2,1H3,(H2,19,20,21). The Kier molecular flexibility index (Phi) is 5.37. The first-order valence-corrected chi connectivity index (χ1v) is 9.02. The highest BCUT2D eigenvalue weighted by molar-refractivity contribution is 7.99. The lowest BCUT2D eigenvalue weighted by atomic mass is 10.2. The predicted octanol–water partition coefficient (Wildman–Crippen LogP) is 1.95. The molecule has 132 valence electrons. The van der Waals surface area contributed by atoms with Crippen molar-refractivity contribution in [3.8, 4) is 0 Å². The molecule has 0 radical (unpaired) electrons. The second-order valence-electron chi connectivity index (χ2n) is 5.85. The van der Waals surface area contributed by atoms with E-state index in [0.29, 0.717) is 29.8 Å². The van der Waals surface area contributed by atoms with Crippen LogP contribution in [0.15, 0.2) is 35.5 Å². The first-order chi connectivity index (χ1) is 12.0. The van der Waals surface area contributed by atoms with Gasteiger partial charge in [0, 0.05) is 43.6 Å². The number of nitrogen functional groups attached to an aromatic ring is 1. The number of hydrogen-bond donors (Lipinski definition) is 1. The van der Waals surface area contributed by atoms with Crippen LogP contribution in [0.2, 0.25) is 0 Å². The second-order valence-corrected chi connectivity index (χ2v) is 6.79. The number of anilines is 2. The number of amides is 1. The zero-order valence-electron chi connectivity index (χ0n) is 14.0. The topological polar surface area (TPSA) is 75.3 Å². The molecular weight excluding hydrogens is 341 g/mol. The van der Waals surface area contributed by atoms with Crippen LogP contribution in [-0.4, -0.2) is 52.7 Å². The van der Waals surface area contributed by atoms with Crippen molar-refractivity contribution in [2.24, 2.45) is 0 Å². The smallest absolute Gasteiger partial charge is 0.233 e. The molecule has 0 bridgehead atoms. The lowest BCUT2D eigenvalue weighted by Gasteiger charge is -2.36. The van der Waals surface area contributed by atoms with Crippen LogP contribution in [0.1, 0.15) is 5.69 Å². The average Bonchev–Trinajstić information content (AvgIpc) is 2.60. The van der Waals surface area contributed by atoms with Crippen molar-refractivity contribution in [3.63, 3.8) is 0 Å². The van der Waals surface area contributed by atoms with Gasteiger partial charge in [0.25, 0.3) is 0 Å². The Bertz CT molecular complexity index is 727. The summed E-state index contributed by atoms with van der Waals surface area (Å²) in [5.74, 6) is 0.524. The van der Waals surface area contributed by atoms with E-state index in [1.165, 1.54) is 23.9 Å². The molecule has 0 aliphatic carbocycles. The molecule has 2 heterocycles. The third-order valence-corrected chi connectivity index (χ3v) is 4.83. The largest absolute Gasteiger partial charge is 0.384 e. The van der Waals surface area contributed by atoms with Gasteiger partial charge in [0.05, 0.1) is 5.75 Å². The van der Waals surface area contributed by atoms with E-state index in [-0.39, 0.29) is 11.7 Å². The van der Waals surface area contributed by atoms with E-state index in [4.69, 9.17) is 5.73 Å². The van der Waals surface area contributed by atoms with Crippen molar-refractivity contribution in [2.45, 2.75) is 12.1 Å². The van der Waals surface area contributed by atoms with E-state index in [9.17, 15) is 9.18 Å². The summed E-state index contributed by atoms with van der Waals surface area (Å²) >= 11 is 1.30. The number of hydrogen-bond acceptors (Lipinski definition) is 6. The molecule has 1 aliphatic heterocycles. The van der Waals surface area contributed by atoms with Gasteiger partial charge in [-0.05, 0) is 31.2 Å². The van der Waals surface area contributed by atoms with Gasteiger partial charge in [0.1, 0.15) is 11.6 Å². The van der Waals surface area contributed by atoms with Gasteiger partial charge in [0.15, 0.2) is 5.16 Å². The summed E-state index contributed by atoms with van der Waals surface area (Å²) in [5, 5.41) is 0.524. The Labute approximate surface area is 150 Å². The van der Waals surface area contributed by atoms with Gasteiger partial charge < -0.3 is 15.5 Å². The Morgan fingerprint density at radius 2 is 1.88 bits per heavy atom. The monoisotopic (exact) mass is 361 g/mol. The quantitative estimate of drug-likeness (QED) is 0.663. The fourth-order valence-corrected chi connectivity index (χ4v) is 3.53. The molecule has 2 N–H and O–H groups in total. The molecule has 1 saturated heterocycles. The lowest BCUT2D eigenvalue weighted by molar-refractivity contribution is -0.128. The van der Waals surface area contributed by atoms with E-state index < -0.39 is 0 Å². The molecule has 1 fully saturated rings. The number of aryl methyl sites for hydroxylation is 1. The maximum Gasteiger partial charge on any atom is 0.233 e. The van der Waals surface area contributed by atoms with Crippen LogP contribution in [-0.2, 0) is 4.79 Å². The number of piperazine rings is 1. The molecule has 8 heteroatoms. The third-order valence-electron chi connectivity index (χ3n) is 4.00. The van der Waals surface area contributed by atoms with Gasteiger partial charge in [-0.25, -0.2) is 14.4 Å². The molecule has 0 spiro atoms. The molecule has 25 heavy (non-hydrogen) atoms. The molecule has 1 amide bonds. The average molecular weight is 361 g/mol. The lowest BCUT2D eigenvalue weighted by Crippen LogP contribution is -2.49. The zero-order chi connectivity index (χ0) is 17.8. The predicted molar refractivity (Wildman–Crippen MR) is 97.1 cm³/mol. The molecule has 3 rings (SSSR count). The fraction of sp³-hybridized carbons (Fsp3) is 0.353. The molecule has 2 aromatic rings. The van der Waals surface area contributed by atoms with Gasteiger partial charge in [0.2, 0.25) is 5.91 Å². The van der Waals surface area contributed by atoms with Gasteiger partial charge in [-0.3, -0.25) is 4.79 Å². The molecule has 6 nitrogen and oxygen atoms in total. The first-order valence-electron chi connectivity index (χ1n) is 8.03. The number of carbonyl (C=O) groups is 1. The van der Waals surface area contributed by atoms with E-state index in [0.717, 1.165) is 24.5 Å². The van der Waals surface area contributed by atoms with Gasteiger partial charge in [-0.1, -0.05) is 11.8 Å². The molecule has 0 atom stereocenters. The van der Waals surface area contributed by atoms with Crippen LogP contribution in [0.4, 0.5) is 15.9 Å². The maximum atomic E-state index is 13.0. The highest BCUT2D eigenvalue weighted by atomic mass is 32.2. The number of nitrogens with zero attached hydrogens (tertiary/aromatic N) is 4. The van der Waals surface area contributed by atoms with Crippen molar-refractivity contribution < 1.29 is 9.18 Å². The molecular formula is C17H20FN5OS. The van der Waals surface area contributed by atoms with E-state index in [1.807, 2.05) is 11.8 Å². The van der Waals surface area contributed by atoms with Crippen molar-refractivity contribution in [1.29, 1.82) is 0 Å². The van der Waals surface area contributed by atoms with Gasteiger partial charge in [-0.2, -0.15) is 0 Å². The van der Waals surface area contributed by atoms with Crippen molar-refractivity contribution in [1.82, 2.24) is 14.9 Å². The summed E-state index contributed by atoms with van der Waals surface area (Å²) in [6.45, 7) is 4.60. The number of rotatable bonds is 4. The van der Waals surface area contributed by atoms with Gasteiger partial charge in [-0.15, -0.1) is 0 Å². The van der Waals surface area contributed by atoms with Crippen molar-refractivity contribution in [2.75, 3.05) is 42.6 Å². The summed E-state index contributed by atoms with van der Waals surface area (Å²) in [5.41, 5.74) is 7.47. The Morgan fingerprint density at radius 3 is 2.52 bits per heavy atom. The summed E-state index contributed by atoms with van der Waals surface area (Å²) in [6.07, 6.45) is 0. The van der Waals surface area contributed by atoms with E-state index >= 15 is 0 Å². The van der Waals surface area contributed by atoms with Crippen LogP contribution in [0.3, 0.4) is 0 Å². The van der Waals surface area contributed by atoms with Crippen LogP contribution in [0.5, 0.6) is 0 Å². The summed E-state index contributed by atoms with van der Waals surface area (Å²) in [4.78, 5) is 24.8. The second kappa shape index (κ2) is 7.69. The fourth-order valence-electron chi connectivity index (χ4n) is 2.71. The Balaban J connectivity index is 1.50. The van der Waals surface area contributed by atoms with Crippen LogP contribution < -0.4 is 10.6 Å². The first kappa shape index (κ1) is 17.5. The number of benzene rings is 1. The molecule has 1 aromatic carbocycles. The number of aromatic nitrogens is 2. The summed E-state index contributed by atoms with van der Waals surface area (Å²) in [6, 6.07) is 8.14. The maximum absolute atomic E-state index is 13.0. The summed E-state index contributed by atoms with van der Waals surface area (Å²) in [7, 11) is 0. The minimum absolute atomic E-state index is 0.0624. The van der Waals surface area contributed by atoms with E-state index in [1.54, 1.807) is 18.2 Å². The number of halogens is 1. The zero-order valence-corrected chi connectivity index (χ0v) is 14.8. The third kappa shape index (κ3) is 4.60. The Hall–Kier alpha value is -2.35. The van der Waals surface area contributed by atoms with Crippen molar-refractivity contribution >= 4 is 29.2 Å². The van der Waals surface area contributed by atoms with Gasteiger partial charge >= 0.3 is 0 Å². The van der Waals surface area contributed by atoms with E-state index in [2.05, 4.69) is 14.9 Å². The van der Waals surface area contributed by atoms with Crippen molar-refractivity contribution in [3.05, 3.63) is 41.8 Å². The number of thioether (sulfide) groups is 1. The Morgan fingerprint density at radius 1 is 1.20 bits per heavy atom. The molecule has 1 aliphatic rings. The molecule has 1 aromatic heterocycles. The SMILES string of the molecule is Cc1cc(N)nc(SCC(=O)N2CCN(c3ccc(F)cc3)CC2)n1. The van der Waals surface area contributed by atoms with Crippen LogP contribution in [0, 0.1) is 12.7 Å². The highest BCUT2D eigenvalue weighted by Crippen LogP contribution is 2.19. The number of nitrogens with two attached hydrogens (primary N) is 1. The summed E-state index contributed by atoms with van der Waals surface area (Å²) < 4.78 is 13.0. The molecule has 0 unspecified atom stereocenters. The minimum atomic E-state index is -0.242. The minimum Gasteiger partial charge on any atom is -0.384 e. The normalized spacial score (nSPS) is 14.6. The highest BCUT2D eigenvalue weighted by Gasteiger charge is 2.21. The van der Waals surface area contributed by atoms with Crippen LogP contribution in [0.25, 0.3) is 0 Å². The van der Waals surface area contributed by atoms with Crippen LogP contribution >= 0.6 is 11.8 Å². The molecule has 0 saturated carbocycles. The number of carbonyl (C=O) groups excluding carboxylic acids is 1.